The normalized spacial score (nSPS) is 10.5. The van der Waals surface area contributed by atoms with Crippen LogP contribution in [0, 0.1) is 0 Å². The van der Waals surface area contributed by atoms with Crippen molar-refractivity contribution >= 4 is 28.5 Å². The fourth-order valence-corrected chi connectivity index (χ4v) is 1.58. The summed E-state index contributed by atoms with van der Waals surface area (Å²) in [5, 5.41) is 0.789. The summed E-state index contributed by atoms with van der Waals surface area (Å²) >= 11 is 5.55. The standard InChI is InChI=1S/C12H11ClO4/c1-15-12(14)10-7-8-3-2-4-9(11(8)17-10)16-6-5-13/h2-4,7H,5-6H2,1H3. The molecule has 17 heavy (non-hydrogen) atoms. The lowest BCUT2D eigenvalue weighted by Gasteiger charge is -2.03. The third kappa shape index (κ3) is 2.36. The Morgan fingerprint density at radius 3 is 3.00 bits per heavy atom. The predicted molar refractivity (Wildman–Crippen MR) is 63.8 cm³/mol. The summed E-state index contributed by atoms with van der Waals surface area (Å²) in [4.78, 5) is 11.3. The van der Waals surface area contributed by atoms with Crippen molar-refractivity contribution < 1.29 is 18.7 Å². The number of benzene rings is 1. The van der Waals surface area contributed by atoms with Crippen LogP contribution < -0.4 is 4.74 Å². The second-order valence-electron chi connectivity index (χ2n) is 3.31. The van der Waals surface area contributed by atoms with Crippen LogP contribution in [0.1, 0.15) is 10.6 Å². The number of ether oxygens (including phenoxy) is 2. The number of esters is 1. The number of carbonyl (C=O) groups is 1. The Morgan fingerprint density at radius 2 is 2.29 bits per heavy atom. The lowest BCUT2D eigenvalue weighted by Crippen LogP contribution is -1.98. The van der Waals surface area contributed by atoms with Crippen molar-refractivity contribution in [2.24, 2.45) is 0 Å². The number of alkyl halides is 1. The lowest BCUT2D eigenvalue weighted by atomic mass is 10.2. The van der Waals surface area contributed by atoms with Gasteiger partial charge in [-0.25, -0.2) is 4.79 Å². The van der Waals surface area contributed by atoms with Crippen LogP contribution in [0.2, 0.25) is 0 Å². The Hall–Kier alpha value is -1.68. The van der Waals surface area contributed by atoms with Crippen molar-refractivity contribution in [1.82, 2.24) is 0 Å². The molecule has 0 bridgehead atoms. The molecule has 1 aromatic carbocycles. The predicted octanol–water partition coefficient (Wildman–Crippen LogP) is 2.84. The van der Waals surface area contributed by atoms with E-state index in [2.05, 4.69) is 4.74 Å². The summed E-state index contributed by atoms with van der Waals surface area (Å²) in [6.07, 6.45) is 0. The summed E-state index contributed by atoms with van der Waals surface area (Å²) in [6, 6.07) is 7.04. The Bertz CT molecular complexity index is 532. The Kier molecular flexibility index (Phi) is 3.54. The van der Waals surface area contributed by atoms with Crippen LogP contribution in [-0.2, 0) is 4.74 Å². The molecular formula is C12H11ClO4. The number of hydrogen-bond donors (Lipinski definition) is 0. The van der Waals surface area contributed by atoms with Gasteiger partial charge in [-0.15, -0.1) is 11.6 Å². The minimum atomic E-state index is -0.510. The highest BCUT2D eigenvalue weighted by Gasteiger charge is 2.14. The minimum absolute atomic E-state index is 0.157. The van der Waals surface area contributed by atoms with Crippen molar-refractivity contribution in [3.05, 3.63) is 30.0 Å². The van der Waals surface area contributed by atoms with E-state index in [0.29, 0.717) is 23.8 Å². The number of furan rings is 1. The fourth-order valence-electron chi connectivity index (χ4n) is 1.50. The van der Waals surface area contributed by atoms with E-state index in [9.17, 15) is 4.79 Å². The first kappa shape index (κ1) is 11.8. The Labute approximate surface area is 103 Å². The molecule has 0 aliphatic carbocycles. The molecule has 4 nitrogen and oxygen atoms in total. The molecule has 5 heteroatoms. The van der Waals surface area contributed by atoms with Crippen LogP contribution in [0.25, 0.3) is 11.0 Å². The van der Waals surface area contributed by atoms with Gasteiger partial charge in [0.1, 0.15) is 6.61 Å². The smallest absolute Gasteiger partial charge is 0.373 e. The van der Waals surface area contributed by atoms with Crippen molar-refractivity contribution in [1.29, 1.82) is 0 Å². The van der Waals surface area contributed by atoms with Gasteiger partial charge in [0.15, 0.2) is 11.3 Å². The molecule has 1 heterocycles. The Balaban J connectivity index is 2.41. The quantitative estimate of drug-likeness (QED) is 0.622. The number of halogens is 1. The molecule has 0 spiro atoms. The van der Waals surface area contributed by atoms with Gasteiger partial charge in [-0.3, -0.25) is 0 Å². The van der Waals surface area contributed by atoms with Crippen molar-refractivity contribution in [3.8, 4) is 5.75 Å². The van der Waals surface area contributed by atoms with Crippen molar-refractivity contribution in [3.63, 3.8) is 0 Å². The maximum atomic E-state index is 11.3. The topological polar surface area (TPSA) is 48.7 Å². The molecule has 0 amide bonds. The number of para-hydroxylation sites is 1. The number of rotatable bonds is 4. The summed E-state index contributed by atoms with van der Waals surface area (Å²) in [5.74, 6) is 0.605. The average Bonchev–Trinajstić information content (AvgIpc) is 2.79. The van der Waals surface area contributed by atoms with Gasteiger partial charge in [-0.05, 0) is 12.1 Å². The van der Waals surface area contributed by atoms with Gasteiger partial charge in [0.2, 0.25) is 5.76 Å². The van der Waals surface area contributed by atoms with Gasteiger partial charge >= 0.3 is 5.97 Å². The van der Waals surface area contributed by atoms with E-state index in [-0.39, 0.29) is 5.76 Å². The molecule has 0 unspecified atom stereocenters. The second kappa shape index (κ2) is 5.10. The molecule has 0 N–H and O–H groups in total. The third-order valence-corrected chi connectivity index (χ3v) is 2.38. The molecule has 0 saturated carbocycles. The van der Waals surface area contributed by atoms with E-state index in [4.69, 9.17) is 20.8 Å². The van der Waals surface area contributed by atoms with Gasteiger partial charge in [0.25, 0.3) is 0 Å². The first-order valence-electron chi connectivity index (χ1n) is 5.06. The first-order valence-corrected chi connectivity index (χ1v) is 5.59. The molecule has 90 valence electrons. The average molecular weight is 255 g/mol. The summed E-state index contributed by atoms with van der Waals surface area (Å²) in [7, 11) is 1.31. The molecular weight excluding hydrogens is 244 g/mol. The maximum Gasteiger partial charge on any atom is 0.373 e. The molecule has 2 rings (SSSR count). The minimum Gasteiger partial charge on any atom is -0.488 e. The molecule has 0 atom stereocenters. The second-order valence-corrected chi connectivity index (χ2v) is 3.69. The van der Waals surface area contributed by atoms with Crippen LogP contribution in [0.15, 0.2) is 28.7 Å². The zero-order valence-electron chi connectivity index (χ0n) is 9.23. The van der Waals surface area contributed by atoms with Crippen molar-refractivity contribution in [2.75, 3.05) is 19.6 Å². The van der Waals surface area contributed by atoms with Crippen LogP contribution in [0.3, 0.4) is 0 Å². The molecule has 1 aromatic heterocycles. The summed E-state index contributed by atoms with van der Waals surface area (Å²) < 4.78 is 15.4. The van der Waals surface area contributed by atoms with Gasteiger partial charge in [0.05, 0.1) is 13.0 Å². The highest BCUT2D eigenvalue weighted by Crippen LogP contribution is 2.28. The van der Waals surface area contributed by atoms with Gasteiger partial charge < -0.3 is 13.9 Å². The molecule has 0 radical (unpaired) electrons. The zero-order valence-corrected chi connectivity index (χ0v) is 9.99. The largest absolute Gasteiger partial charge is 0.488 e. The highest BCUT2D eigenvalue weighted by atomic mass is 35.5. The lowest BCUT2D eigenvalue weighted by molar-refractivity contribution is 0.0567. The van der Waals surface area contributed by atoms with Crippen LogP contribution in [0.4, 0.5) is 0 Å². The van der Waals surface area contributed by atoms with Crippen LogP contribution >= 0.6 is 11.6 Å². The maximum absolute atomic E-state index is 11.3. The van der Waals surface area contributed by atoms with E-state index >= 15 is 0 Å². The number of methoxy groups -OCH3 is 1. The Morgan fingerprint density at radius 1 is 1.47 bits per heavy atom. The van der Waals surface area contributed by atoms with Gasteiger partial charge in [-0.1, -0.05) is 12.1 Å². The van der Waals surface area contributed by atoms with Crippen molar-refractivity contribution in [2.45, 2.75) is 0 Å². The molecule has 2 aromatic rings. The monoisotopic (exact) mass is 254 g/mol. The fraction of sp³-hybridized carbons (Fsp3) is 0.250. The van der Waals surface area contributed by atoms with E-state index in [1.54, 1.807) is 12.1 Å². The van der Waals surface area contributed by atoms with E-state index in [0.717, 1.165) is 5.39 Å². The van der Waals surface area contributed by atoms with E-state index in [1.165, 1.54) is 7.11 Å². The number of hydrogen-bond acceptors (Lipinski definition) is 4. The molecule has 0 fully saturated rings. The first-order chi connectivity index (χ1) is 8.26. The number of fused-ring (bicyclic) bond motifs is 1. The molecule has 0 saturated heterocycles. The van der Waals surface area contributed by atoms with Crippen LogP contribution in [0.5, 0.6) is 5.75 Å². The van der Waals surface area contributed by atoms with Gasteiger partial charge in [0, 0.05) is 5.39 Å². The molecule has 0 aliphatic heterocycles. The highest BCUT2D eigenvalue weighted by molar-refractivity contribution is 6.18. The van der Waals surface area contributed by atoms with E-state index in [1.807, 2.05) is 12.1 Å². The van der Waals surface area contributed by atoms with E-state index < -0.39 is 5.97 Å². The van der Waals surface area contributed by atoms with Gasteiger partial charge in [-0.2, -0.15) is 0 Å². The molecule has 0 aliphatic rings. The number of carbonyl (C=O) groups excluding carboxylic acids is 1. The zero-order chi connectivity index (χ0) is 12.3. The summed E-state index contributed by atoms with van der Waals surface area (Å²) in [6.45, 7) is 0.384. The SMILES string of the molecule is COC(=O)c1cc2cccc(OCCCl)c2o1. The third-order valence-electron chi connectivity index (χ3n) is 2.23. The van der Waals surface area contributed by atoms with Crippen LogP contribution in [-0.4, -0.2) is 25.6 Å². The summed E-state index contributed by atoms with van der Waals surface area (Å²) in [5.41, 5.74) is 0.526.